The Morgan fingerprint density at radius 3 is 2.46 bits per heavy atom. The Morgan fingerprint density at radius 1 is 1.19 bits per heavy atom. The lowest BCUT2D eigenvalue weighted by Gasteiger charge is -2.26. The Labute approximate surface area is 156 Å². The SMILES string of the molecule is Cc1cc(C)nc(NC(=O)C2CSc3nc(C(C)(C)C)cc(=O)n3C2)n1. The predicted molar refractivity (Wildman–Crippen MR) is 102 cm³/mol. The highest BCUT2D eigenvalue weighted by atomic mass is 32.2. The molecule has 2 aromatic heterocycles. The quantitative estimate of drug-likeness (QED) is 0.813. The summed E-state index contributed by atoms with van der Waals surface area (Å²) in [4.78, 5) is 38.2. The molecule has 0 fully saturated rings. The van der Waals surface area contributed by atoms with Gasteiger partial charge in [-0.1, -0.05) is 32.5 Å². The van der Waals surface area contributed by atoms with Crippen molar-refractivity contribution in [3.63, 3.8) is 0 Å². The second-order valence-electron chi connectivity index (χ2n) is 7.59. The monoisotopic (exact) mass is 373 g/mol. The number of aryl methyl sites for hydroxylation is 2. The number of carbonyl (C=O) groups is 1. The molecule has 0 saturated carbocycles. The molecule has 0 aromatic carbocycles. The first-order valence-electron chi connectivity index (χ1n) is 8.52. The standard InChI is InChI=1S/C18H23N5O2S/c1-10-6-11(2)20-16(19-10)22-15(25)12-8-23-14(24)7-13(18(3,4)5)21-17(23)26-9-12/h6-7,12H,8-9H2,1-5H3,(H,19,20,22,25). The lowest BCUT2D eigenvalue weighted by Crippen LogP contribution is -2.38. The third kappa shape index (κ3) is 3.95. The van der Waals surface area contributed by atoms with Crippen molar-refractivity contribution in [1.29, 1.82) is 0 Å². The van der Waals surface area contributed by atoms with Crippen molar-refractivity contribution < 1.29 is 4.79 Å². The summed E-state index contributed by atoms with van der Waals surface area (Å²) in [6.07, 6.45) is 0. The summed E-state index contributed by atoms with van der Waals surface area (Å²) in [5.74, 6) is 0.352. The average Bonchev–Trinajstić information content (AvgIpc) is 2.52. The minimum absolute atomic E-state index is 0.118. The van der Waals surface area contributed by atoms with Crippen LogP contribution in [-0.4, -0.2) is 31.2 Å². The van der Waals surface area contributed by atoms with E-state index in [0.29, 0.717) is 23.4 Å². The van der Waals surface area contributed by atoms with Crippen molar-refractivity contribution >= 4 is 23.6 Å². The number of nitrogens with one attached hydrogen (secondary N) is 1. The van der Waals surface area contributed by atoms with E-state index in [9.17, 15) is 9.59 Å². The van der Waals surface area contributed by atoms with Gasteiger partial charge in [0.2, 0.25) is 11.9 Å². The molecule has 0 bridgehead atoms. The van der Waals surface area contributed by atoms with E-state index in [1.165, 1.54) is 11.8 Å². The smallest absolute Gasteiger partial charge is 0.254 e. The molecule has 0 aliphatic carbocycles. The van der Waals surface area contributed by atoms with Gasteiger partial charge >= 0.3 is 0 Å². The molecular weight excluding hydrogens is 350 g/mol. The summed E-state index contributed by atoms with van der Waals surface area (Å²) < 4.78 is 1.58. The molecule has 3 rings (SSSR count). The predicted octanol–water partition coefficient (Wildman–Crippen LogP) is 2.31. The fourth-order valence-electron chi connectivity index (χ4n) is 2.75. The molecule has 1 unspecified atom stereocenters. The van der Waals surface area contributed by atoms with Crippen LogP contribution in [0.3, 0.4) is 0 Å². The van der Waals surface area contributed by atoms with Crippen LogP contribution in [-0.2, 0) is 16.8 Å². The normalized spacial score (nSPS) is 16.9. The van der Waals surface area contributed by atoms with Crippen LogP contribution in [0.4, 0.5) is 5.95 Å². The largest absolute Gasteiger partial charge is 0.294 e. The highest BCUT2D eigenvalue weighted by Gasteiger charge is 2.29. The Kier molecular flexibility index (Phi) is 4.88. The molecule has 138 valence electrons. The number of hydrogen-bond donors (Lipinski definition) is 1. The maximum atomic E-state index is 12.6. The average molecular weight is 373 g/mol. The molecule has 3 heterocycles. The van der Waals surface area contributed by atoms with Gasteiger partial charge in [-0.2, -0.15) is 0 Å². The van der Waals surface area contributed by atoms with Crippen molar-refractivity contribution in [1.82, 2.24) is 19.5 Å². The molecular formula is C18H23N5O2S. The Balaban J connectivity index is 1.80. The van der Waals surface area contributed by atoms with Crippen LogP contribution < -0.4 is 10.9 Å². The van der Waals surface area contributed by atoms with Gasteiger partial charge in [-0.15, -0.1) is 0 Å². The van der Waals surface area contributed by atoms with Crippen LogP contribution in [0.15, 0.2) is 22.1 Å². The molecule has 8 heteroatoms. The fraction of sp³-hybridized carbons (Fsp3) is 0.500. The van der Waals surface area contributed by atoms with Gasteiger partial charge in [0.1, 0.15) is 0 Å². The zero-order valence-electron chi connectivity index (χ0n) is 15.7. The number of fused-ring (bicyclic) bond motifs is 1. The topological polar surface area (TPSA) is 89.8 Å². The number of hydrogen-bond acceptors (Lipinski definition) is 6. The second kappa shape index (κ2) is 6.83. The van der Waals surface area contributed by atoms with Crippen LogP contribution in [0, 0.1) is 19.8 Å². The first-order valence-corrected chi connectivity index (χ1v) is 9.50. The van der Waals surface area contributed by atoms with Crippen LogP contribution >= 0.6 is 11.8 Å². The molecule has 1 amide bonds. The molecule has 1 aliphatic heterocycles. The number of anilines is 1. The third-order valence-electron chi connectivity index (χ3n) is 4.15. The Hall–Kier alpha value is -2.22. The Morgan fingerprint density at radius 2 is 1.85 bits per heavy atom. The number of amides is 1. The lowest BCUT2D eigenvalue weighted by molar-refractivity contribution is -0.119. The van der Waals surface area contributed by atoms with Gasteiger partial charge in [0, 0.05) is 35.2 Å². The van der Waals surface area contributed by atoms with Gasteiger partial charge in [-0.05, 0) is 19.9 Å². The van der Waals surface area contributed by atoms with Gasteiger partial charge < -0.3 is 0 Å². The van der Waals surface area contributed by atoms with E-state index in [1.54, 1.807) is 10.6 Å². The lowest BCUT2D eigenvalue weighted by atomic mass is 9.92. The zero-order chi connectivity index (χ0) is 19.1. The number of nitrogens with zero attached hydrogens (tertiary/aromatic N) is 4. The van der Waals surface area contributed by atoms with Crippen molar-refractivity contribution in [2.75, 3.05) is 11.1 Å². The summed E-state index contributed by atoms with van der Waals surface area (Å²) in [6, 6.07) is 3.41. The number of aromatic nitrogens is 4. The van der Waals surface area contributed by atoms with E-state index in [4.69, 9.17) is 0 Å². The van der Waals surface area contributed by atoms with Crippen LogP contribution in [0.2, 0.25) is 0 Å². The number of rotatable bonds is 2. The van der Waals surface area contributed by atoms with E-state index in [0.717, 1.165) is 17.1 Å². The van der Waals surface area contributed by atoms with Crippen molar-refractivity contribution in [2.24, 2.45) is 5.92 Å². The van der Waals surface area contributed by atoms with Gasteiger partial charge in [0.15, 0.2) is 5.16 Å². The van der Waals surface area contributed by atoms with Crippen LogP contribution in [0.25, 0.3) is 0 Å². The van der Waals surface area contributed by atoms with Gasteiger partial charge in [0.05, 0.1) is 11.6 Å². The van der Waals surface area contributed by atoms with Gasteiger partial charge in [0.25, 0.3) is 5.56 Å². The summed E-state index contributed by atoms with van der Waals surface area (Å²) in [5, 5.41) is 3.44. The van der Waals surface area contributed by atoms with E-state index in [1.807, 2.05) is 40.7 Å². The van der Waals surface area contributed by atoms with Crippen molar-refractivity contribution in [2.45, 2.75) is 51.7 Å². The molecule has 26 heavy (non-hydrogen) atoms. The van der Waals surface area contributed by atoms with Crippen LogP contribution in [0.5, 0.6) is 0 Å². The molecule has 0 saturated heterocycles. The Bertz CT molecular complexity index is 897. The molecule has 0 radical (unpaired) electrons. The second-order valence-corrected chi connectivity index (χ2v) is 8.58. The molecule has 2 aromatic rings. The molecule has 1 N–H and O–H groups in total. The maximum Gasteiger partial charge on any atom is 0.254 e. The zero-order valence-corrected chi connectivity index (χ0v) is 16.5. The summed E-state index contributed by atoms with van der Waals surface area (Å²) in [7, 11) is 0. The minimum atomic E-state index is -0.336. The summed E-state index contributed by atoms with van der Waals surface area (Å²) in [5.41, 5.74) is 2.06. The number of thioether (sulfide) groups is 1. The van der Waals surface area contributed by atoms with Crippen molar-refractivity contribution in [3.8, 4) is 0 Å². The van der Waals surface area contributed by atoms with E-state index in [2.05, 4.69) is 20.3 Å². The molecule has 0 spiro atoms. The van der Waals surface area contributed by atoms with Crippen molar-refractivity contribution in [3.05, 3.63) is 39.6 Å². The van der Waals surface area contributed by atoms with E-state index < -0.39 is 0 Å². The molecule has 7 nitrogen and oxygen atoms in total. The summed E-state index contributed by atoms with van der Waals surface area (Å²) >= 11 is 1.44. The first-order chi connectivity index (χ1) is 12.1. The molecule has 1 aliphatic rings. The van der Waals surface area contributed by atoms with E-state index in [-0.39, 0.29) is 22.8 Å². The highest BCUT2D eigenvalue weighted by Crippen LogP contribution is 2.28. The van der Waals surface area contributed by atoms with Crippen LogP contribution in [0.1, 0.15) is 37.9 Å². The van der Waals surface area contributed by atoms with Gasteiger partial charge in [-0.25, -0.2) is 15.0 Å². The van der Waals surface area contributed by atoms with Gasteiger partial charge in [-0.3, -0.25) is 19.5 Å². The highest BCUT2D eigenvalue weighted by molar-refractivity contribution is 7.99. The fourth-order valence-corrected chi connectivity index (χ4v) is 3.84. The molecule has 1 atom stereocenters. The maximum absolute atomic E-state index is 12.6. The summed E-state index contributed by atoms with van der Waals surface area (Å²) in [6.45, 7) is 10.1. The minimum Gasteiger partial charge on any atom is -0.294 e. The third-order valence-corrected chi connectivity index (χ3v) is 5.29. The number of carbonyl (C=O) groups excluding carboxylic acids is 1. The van der Waals surface area contributed by atoms with E-state index >= 15 is 0 Å². The first kappa shape index (κ1) is 18.6.